The Labute approximate surface area is 95.8 Å². The number of benzene rings is 1. The Morgan fingerprint density at radius 2 is 2.06 bits per heavy atom. The maximum absolute atomic E-state index is 12.5. The molecule has 3 N–H and O–H groups in total. The first-order chi connectivity index (χ1) is 7.88. The molecule has 6 heteroatoms. The van der Waals surface area contributed by atoms with Crippen molar-refractivity contribution in [1.29, 1.82) is 0 Å². The fourth-order valence-electron chi connectivity index (χ4n) is 1.77. The van der Waals surface area contributed by atoms with Crippen LogP contribution in [0.4, 0.5) is 18.9 Å². The van der Waals surface area contributed by atoms with Gasteiger partial charge < -0.3 is 11.1 Å². The third-order valence-corrected chi connectivity index (χ3v) is 2.75. The Kier molecular flexibility index (Phi) is 2.82. The monoisotopic (exact) mass is 244 g/mol. The van der Waals surface area contributed by atoms with Crippen LogP contribution in [0.15, 0.2) is 18.2 Å². The zero-order chi connectivity index (χ0) is 12.6. The molecule has 0 aromatic heterocycles. The predicted molar refractivity (Wildman–Crippen MR) is 56.4 cm³/mol. The normalized spacial score (nSPS) is 20.5. The molecule has 1 aliphatic heterocycles. The molecular formula is C11H11F3N2O. The van der Waals surface area contributed by atoms with Crippen LogP contribution in [0, 0.1) is 0 Å². The molecule has 1 atom stereocenters. The summed E-state index contributed by atoms with van der Waals surface area (Å²) in [6.45, 7) is 0. The minimum Gasteiger partial charge on any atom is -0.324 e. The molecule has 3 nitrogen and oxygen atoms in total. The summed E-state index contributed by atoms with van der Waals surface area (Å²) in [6, 6.07) is 2.62. The number of rotatable bonds is 0. The molecule has 2 rings (SSSR count). The molecule has 1 aliphatic rings. The van der Waals surface area contributed by atoms with E-state index >= 15 is 0 Å². The number of fused-ring (bicyclic) bond motifs is 1. The molecule has 0 saturated heterocycles. The van der Waals surface area contributed by atoms with E-state index in [1.54, 1.807) is 0 Å². The van der Waals surface area contributed by atoms with Crippen molar-refractivity contribution >= 4 is 11.6 Å². The van der Waals surface area contributed by atoms with Gasteiger partial charge in [0.25, 0.3) is 0 Å². The number of hydrogen-bond acceptors (Lipinski definition) is 2. The van der Waals surface area contributed by atoms with Gasteiger partial charge in [0, 0.05) is 5.69 Å². The van der Waals surface area contributed by atoms with Crippen molar-refractivity contribution in [3.63, 3.8) is 0 Å². The van der Waals surface area contributed by atoms with E-state index in [1.165, 1.54) is 6.07 Å². The van der Waals surface area contributed by atoms with Crippen molar-refractivity contribution in [2.24, 2.45) is 5.73 Å². The molecule has 1 aromatic rings. The number of carbonyl (C=O) groups is 1. The number of nitrogens with two attached hydrogens (primary N) is 1. The first-order valence-corrected chi connectivity index (χ1v) is 5.14. The van der Waals surface area contributed by atoms with Crippen LogP contribution in [0.25, 0.3) is 0 Å². The molecule has 1 amide bonds. The van der Waals surface area contributed by atoms with Crippen LogP contribution in [0.1, 0.15) is 17.5 Å². The highest BCUT2D eigenvalue weighted by Gasteiger charge is 2.31. The van der Waals surface area contributed by atoms with E-state index in [0.717, 1.165) is 12.1 Å². The van der Waals surface area contributed by atoms with Crippen molar-refractivity contribution in [2.75, 3.05) is 5.32 Å². The van der Waals surface area contributed by atoms with E-state index in [-0.39, 0.29) is 5.91 Å². The second kappa shape index (κ2) is 4.03. The average Bonchev–Trinajstić information content (AvgIpc) is 2.38. The van der Waals surface area contributed by atoms with Crippen LogP contribution in [0.5, 0.6) is 0 Å². The maximum atomic E-state index is 12.5. The van der Waals surface area contributed by atoms with Gasteiger partial charge in [-0.1, -0.05) is 0 Å². The van der Waals surface area contributed by atoms with Gasteiger partial charge in [0.2, 0.25) is 5.91 Å². The van der Waals surface area contributed by atoms with E-state index in [4.69, 9.17) is 5.73 Å². The maximum Gasteiger partial charge on any atom is 0.416 e. The van der Waals surface area contributed by atoms with Gasteiger partial charge in [0.05, 0.1) is 11.6 Å². The quantitative estimate of drug-likeness (QED) is 0.732. The molecule has 1 aromatic carbocycles. The molecule has 0 spiro atoms. The lowest BCUT2D eigenvalue weighted by Crippen LogP contribution is -2.34. The third kappa shape index (κ3) is 2.41. The van der Waals surface area contributed by atoms with Crippen molar-refractivity contribution in [3.05, 3.63) is 29.3 Å². The summed E-state index contributed by atoms with van der Waals surface area (Å²) in [5, 5.41) is 2.52. The van der Waals surface area contributed by atoms with Crippen molar-refractivity contribution < 1.29 is 18.0 Å². The zero-order valence-corrected chi connectivity index (χ0v) is 8.84. The number of hydrogen-bond donors (Lipinski definition) is 2. The van der Waals surface area contributed by atoms with Gasteiger partial charge in [-0.25, -0.2) is 0 Å². The summed E-state index contributed by atoms with van der Waals surface area (Å²) < 4.78 is 37.5. The Morgan fingerprint density at radius 3 is 2.71 bits per heavy atom. The van der Waals surface area contributed by atoms with Gasteiger partial charge >= 0.3 is 6.18 Å². The lowest BCUT2D eigenvalue weighted by Gasteiger charge is -2.11. The zero-order valence-electron chi connectivity index (χ0n) is 8.84. The van der Waals surface area contributed by atoms with E-state index in [1.807, 2.05) is 0 Å². The highest BCUT2D eigenvalue weighted by molar-refractivity contribution is 5.96. The Balaban J connectivity index is 2.38. The number of nitrogens with one attached hydrogen (secondary N) is 1. The molecule has 17 heavy (non-hydrogen) atoms. The Morgan fingerprint density at radius 1 is 1.35 bits per heavy atom. The van der Waals surface area contributed by atoms with Crippen LogP contribution in [0.2, 0.25) is 0 Å². The van der Waals surface area contributed by atoms with Gasteiger partial charge in [-0.05, 0) is 36.6 Å². The minimum atomic E-state index is -4.37. The average molecular weight is 244 g/mol. The number of aryl methyl sites for hydroxylation is 1. The molecule has 92 valence electrons. The van der Waals surface area contributed by atoms with E-state index in [9.17, 15) is 18.0 Å². The third-order valence-electron chi connectivity index (χ3n) is 2.75. The number of halogens is 3. The molecule has 0 radical (unpaired) electrons. The summed E-state index contributed by atoms with van der Waals surface area (Å²) in [4.78, 5) is 11.4. The standard InChI is InChI=1S/C11H11F3N2O/c12-11(13,14)7-2-4-9-6(5-7)1-3-8(15)10(17)16-9/h2,4-5,8H,1,3,15H2,(H,16,17). The molecule has 1 heterocycles. The minimum absolute atomic E-state index is 0.347. The number of carbonyl (C=O) groups excluding carboxylic acids is 1. The first kappa shape index (κ1) is 11.9. The fraction of sp³-hybridized carbons (Fsp3) is 0.364. The van der Waals surface area contributed by atoms with Gasteiger partial charge in [-0.2, -0.15) is 13.2 Å². The predicted octanol–water partition coefficient (Wildman–Crippen LogP) is 1.92. The van der Waals surface area contributed by atoms with Crippen LogP contribution in [-0.4, -0.2) is 11.9 Å². The molecule has 0 aliphatic carbocycles. The lowest BCUT2D eigenvalue weighted by atomic mass is 10.0. The molecular weight excluding hydrogens is 233 g/mol. The van der Waals surface area contributed by atoms with Crippen LogP contribution in [-0.2, 0) is 17.4 Å². The SMILES string of the molecule is NC1CCc2cc(C(F)(F)F)ccc2NC1=O. The number of amides is 1. The van der Waals surface area contributed by atoms with Gasteiger partial charge in [0.1, 0.15) is 0 Å². The summed E-state index contributed by atoms with van der Waals surface area (Å²) in [6.07, 6.45) is -3.66. The molecule has 0 saturated carbocycles. The smallest absolute Gasteiger partial charge is 0.324 e. The molecule has 1 unspecified atom stereocenters. The Bertz CT molecular complexity index is 457. The lowest BCUT2D eigenvalue weighted by molar-refractivity contribution is -0.137. The van der Waals surface area contributed by atoms with Gasteiger partial charge in [-0.3, -0.25) is 4.79 Å². The Hall–Kier alpha value is -1.56. The van der Waals surface area contributed by atoms with E-state index < -0.39 is 17.8 Å². The largest absolute Gasteiger partial charge is 0.416 e. The topological polar surface area (TPSA) is 55.1 Å². The van der Waals surface area contributed by atoms with Gasteiger partial charge in [-0.15, -0.1) is 0 Å². The van der Waals surface area contributed by atoms with E-state index in [2.05, 4.69) is 5.32 Å². The second-order valence-corrected chi connectivity index (χ2v) is 4.00. The summed E-state index contributed by atoms with van der Waals surface area (Å²) in [5.74, 6) is -0.358. The van der Waals surface area contributed by atoms with E-state index in [0.29, 0.717) is 24.1 Å². The summed E-state index contributed by atoms with van der Waals surface area (Å²) in [5.41, 5.74) is 5.73. The molecule has 0 bridgehead atoms. The number of anilines is 1. The van der Waals surface area contributed by atoms with Crippen molar-refractivity contribution in [2.45, 2.75) is 25.1 Å². The van der Waals surface area contributed by atoms with Crippen LogP contribution in [0.3, 0.4) is 0 Å². The van der Waals surface area contributed by atoms with Crippen molar-refractivity contribution in [1.82, 2.24) is 0 Å². The summed E-state index contributed by atoms with van der Waals surface area (Å²) in [7, 11) is 0. The van der Waals surface area contributed by atoms with Crippen molar-refractivity contribution in [3.8, 4) is 0 Å². The fourth-order valence-corrected chi connectivity index (χ4v) is 1.77. The molecule has 0 fully saturated rings. The first-order valence-electron chi connectivity index (χ1n) is 5.14. The highest BCUT2D eigenvalue weighted by Crippen LogP contribution is 2.33. The summed E-state index contributed by atoms with van der Waals surface area (Å²) >= 11 is 0. The second-order valence-electron chi connectivity index (χ2n) is 4.00. The number of alkyl halides is 3. The highest BCUT2D eigenvalue weighted by atomic mass is 19.4. The van der Waals surface area contributed by atoms with Crippen LogP contribution >= 0.6 is 0 Å². The van der Waals surface area contributed by atoms with Crippen LogP contribution < -0.4 is 11.1 Å². The van der Waals surface area contributed by atoms with Gasteiger partial charge in [0.15, 0.2) is 0 Å².